The van der Waals surface area contributed by atoms with Crippen molar-refractivity contribution in [3.8, 4) is 11.9 Å². The first kappa shape index (κ1) is 22.8. The molecule has 0 amide bonds. The van der Waals surface area contributed by atoms with Crippen molar-refractivity contribution >= 4 is 5.95 Å². The summed E-state index contributed by atoms with van der Waals surface area (Å²) in [5.41, 5.74) is -0.396. The lowest BCUT2D eigenvalue weighted by atomic mass is 9.77. The van der Waals surface area contributed by atoms with Crippen LogP contribution in [0.15, 0.2) is 18.7 Å². The lowest BCUT2D eigenvalue weighted by Gasteiger charge is -2.33. The molecule has 166 valence electrons. The van der Waals surface area contributed by atoms with Crippen LogP contribution >= 0.6 is 0 Å². The van der Waals surface area contributed by atoms with Crippen molar-refractivity contribution in [2.75, 3.05) is 11.9 Å². The number of nitrogens with one attached hydrogen (secondary N) is 1. The second-order valence-corrected chi connectivity index (χ2v) is 9.04. The molecule has 0 aliphatic heterocycles. The number of halogens is 1. The Balaban J connectivity index is 1.69. The third kappa shape index (κ3) is 6.82. The number of alkyl halides is 1. The van der Waals surface area contributed by atoms with Crippen LogP contribution in [0.3, 0.4) is 0 Å². The van der Waals surface area contributed by atoms with Gasteiger partial charge in [0.1, 0.15) is 24.7 Å². The number of hydrogen-bond acceptors (Lipinski definition) is 8. The normalized spacial score (nSPS) is 21.4. The van der Waals surface area contributed by atoms with Gasteiger partial charge in [0, 0.05) is 12.7 Å². The van der Waals surface area contributed by atoms with Gasteiger partial charge in [-0.3, -0.25) is 0 Å². The predicted molar refractivity (Wildman–Crippen MR) is 113 cm³/mol. The van der Waals surface area contributed by atoms with Gasteiger partial charge < -0.3 is 15.2 Å². The van der Waals surface area contributed by atoms with E-state index in [1.54, 1.807) is 6.20 Å². The molecule has 2 N–H and O–H groups in total. The molecule has 0 saturated heterocycles. The molecular formula is C22H29FN6O2. The van der Waals surface area contributed by atoms with Crippen molar-refractivity contribution in [3.63, 3.8) is 0 Å². The van der Waals surface area contributed by atoms with Crippen LogP contribution in [0, 0.1) is 17.2 Å². The molecule has 2 atom stereocenters. The second kappa shape index (κ2) is 9.52. The van der Waals surface area contributed by atoms with E-state index >= 15 is 0 Å². The molecule has 9 heteroatoms. The maximum absolute atomic E-state index is 13.8. The van der Waals surface area contributed by atoms with E-state index in [1.807, 2.05) is 6.92 Å². The minimum Gasteiger partial charge on any atom is -0.474 e. The molecule has 1 saturated carbocycles. The van der Waals surface area contributed by atoms with Gasteiger partial charge in [-0.2, -0.15) is 5.26 Å². The lowest BCUT2D eigenvalue weighted by Crippen LogP contribution is -2.32. The summed E-state index contributed by atoms with van der Waals surface area (Å²) >= 11 is 0. The first-order chi connectivity index (χ1) is 14.6. The maximum atomic E-state index is 13.8. The molecular weight excluding hydrogens is 399 g/mol. The number of rotatable bonds is 8. The van der Waals surface area contributed by atoms with Crippen LogP contribution in [0.4, 0.5) is 10.3 Å². The predicted octanol–water partition coefficient (Wildman–Crippen LogP) is 3.36. The van der Waals surface area contributed by atoms with Crippen LogP contribution in [0.5, 0.6) is 5.88 Å². The van der Waals surface area contributed by atoms with Gasteiger partial charge in [-0.05, 0) is 52.4 Å². The van der Waals surface area contributed by atoms with E-state index in [-0.39, 0.29) is 19.1 Å². The summed E-state index contributed by atoms with van der Waals surface area (Å²) in [4.78, 5) is 16.9. The van der Waals surface area contributed by atoms with Gasteiger partial charge in [-0.15, -0.1) is 0 Å². The summed E-state index contributed by atoms with van der Waals surface area (Å²) in [5, 5.41) is 22.9. The number of nitrogens with zero attached hydrogens (tertiary/aromatic N) is 5. The third-order valence-electron chi connectivity index (χ3n) is 5.26. The van der Waals surface area contributed by atoms with Gasteiger partial charge in [-0.25, -0.2) is 24.3 Å². The first-order valence-electron chi connectivity index (χ1n) is 10.5. The van der Waals surface area contributed by atoms with E-state index in [4.69, 9.17) is 4.74 Å². The van der Waals surface area contributed by atoms with Gasteiger partial charge in [0.25, 0.3) is 0 Å². The summed E-state index contributed by atoms with van der Waals surface area (Å²) in [5.74, 6) is 0.939. The standard InChI is InChI=1S/C22H29FN6O2/c1-21(2,23)13-31-19-17(10-25-14-28-19)12-27-20-26-11-16(9-24)18(29-20)7-15-5-4-6-22(3,30)8-15/h10-11,14-15,30H,4-8,12-13H2,1-3H3,(H,26,27,29)/t15-,22?/m1/s1. The fourth-order valence-electron chi connectivity index (χ4n) is 3.81. The van der Waals surface area contributed by atoms with Crippen LogP contribution in [0.25, 0.3) is 0 Å². The highest BCUT2D eigenvalue weighted by molar-refractivity contribution is 5.38. The topological polar surface area (TPSA) is 117 Å². The quantitative estimate of drug-likeness (QED) is 0.657. The molecule has 1 aliphatic rings. The van der Waals surface area contributed by atoms with Crippen molar-refractivity contribution in [1.82, 2.24) is 19.9 Å². The van der Waals surface area contributed by atoms with Crippen molar-refractivity contribution in [2.24, 2.45) is 5.92 Å². The van der Waals surface area contributed by atoms with E-state index in [0.29, 0.717) is 41.5 Å². The highest BCUT2D eigenvalue weighted by Gasteiger charge is 2.30. The molecule has 2 heterocycles. The largest absolute Gasteiger partial charge is 0.474 e. The molecule has 0 spiro atoms. The zero-order valence-corrected chi connectivity index (χ0v) is 18.2. The number of aromatic nitrogens is 4. The molecule has 1 aliphatic carbocycles. The van der Waals surface area contributed by atoms with Crippen molar-refractivity contribution < 1.29 is 14.2 Å². The van der Waals surface area contributed by atoms with Gasteiger partial charge in [0.15, 0.2) is 0 Å². The van der Waals surface area contributed by atoms with Gasteiger partial charge in [0.05, 0.1) is 28.6 Å². The molecule has 3 rings (SSSR count). The Morgan fingerprint density at radius 2 is 2.19 bits per heavy atom. The zero-order valence-electron chi connectivity index (χ0n) is 18.2. The number of hydrogen-bond donors (Lipinski definition) is 2. The summed E-state index contributed by atoms with van der Waals surface area (Å²) in [6, 6.07) is 2.16. The van der Waals surface area contributed by atoms with Crippen LogP contribution < -0.4 is 10.1 Å². The van der Waals surface area contributed by atoms with E-state index in [0.717, 1.165) is 19.3 Å². The molecule has 0 aromatic carbocycles. The maximum Gasteiger partial charge on any atom is 0.223 e. The van der Waals surface area contributed by atoms with E-state index < -0.39 is 11.3 Å². The molecule has 31 heavy (non-hydrogen) atoms. The van der Waals surface area contributed by atoms with E-state index in [9.17, 15) is 14.8 Å². The minimum atomic E-state index is -1.48. The van der Waals surface area contributed by atoms with Crippen LogP contribution in [0.2, 0.25) is 0 Å². The number of nitriles is 1. The molecule has 1 fully saturated rings. The third-order valence-corrected chi connectivity index (χ3v) is 5.26. The van der Waals surface area contributed by atoms with Crippen molar-refractivity contribution in [3.05, 3.63) is 35.5 Å². The summed E-state index contributed by atoms with van der Waals surface area (Å²) in [6.07, 6.45) is 8.52. The highest BCUT2D eigenvalue weighted by Crippen LogP contribution is 2.34. The summed E-state index contributed by atoms with van der Waals surface area (Å²) < 4.78 is 19.3. The fourth-order valence-corrected chi connectivity index (χ4v) is 3.81. The monoisotopic (exact) mass is 428 g/mol. The average molecular weight is 429 g/mol. The molecule has 0 bridgehead atoms. The number of aliphatic hydroxyl groups is 1. The summed E-state index contributed by atoms with van der Waals surface area (Å²) in [7, 11) is 0. The van der Waals surface area contributed by atoms with Crippen molar-refractivity contribution in [1.29, 1.82) is 5.26 Å². The Morgan fingerprint density at radius 3 is 2.90 bits per heavy atom. The molecule has 0 radical (unpaired) electrons. The molecule has 2 aromatic rings. The van der Waals surface area contributed by atoms with Crippen LogP contribution in [-0.2, 0) is 13.0 Å². The van der Waals surface area contributed by atoms with E-state index in [2.05, 4.69) is 31.3 Å². The SMILES string of the molecule is CC(C)(F)COc1ncncc1CNc1ncc(C#N)c(C[C@H]2CCCC(C)(O)C2)n1. The van der Waals surface area contributed by atoms with Crippen LogP contribution in [-0.4, -0.2) is 42.9 Å². The van der Waals surface area contributed by atoms with Gasteiger partial charge in [-0.1, -0.05) is 6.42 Å². The lowest BCUT2D eigenvalue weighted by molar-refractivity contribution is 0.00107. The zero-order chi connectivity index (χ0) is 22.5. The van der Waals surface area contributed by atoms with E-state index in [1.165, 1.54) is 26.4 Å². The second-order valence-electron chi connectivity index (χ2n) is 9.04. The number of anilines is 1. The molecule has 8 nitrogen and oxygen atoms in total. The first-order valence-corrected chi connectivity index (χ1v) is 10.5. The van der Waals surface area contributed by atoms with Gasteiger partial charge in [0.2, 0.25) is 11.8 Å². The Labute approximate surface area is 181 Å². The van der Waals surface area contributed by atoms with Gasteiger partial charge >= 0.3 is 0 Å². The Hall–Kier alpha value is -2.86. The molecule has 1 unspecified atom stereocenters. The molecule has 2 aromatic heterocycles. The fraction of sp³-hybridized carbons (Fsp3) is 0.591. The van der Waals surface area contributed by atoms with Crippen LogP contribution in [0.1, 0.15) is 63.3 Å². The van der Waals surface area contributed by atoms with Crippen molar-refractivity contribution in [2.45, 2.75) is 70.7 Å². The average Bonchev–Trinajstić information content (AvgIpc) is 2.70. The summed E-state index contributed by atoms with van der Waals surface area (Å²) in [6.45, 7) is 4.89. The Kier molecular flexibility index (Phi) is 7.01. The highest BCUT2D eigenvalue weighted by atomic mass is 19.1. The minimum absolute atomic E-state index is 0.125. The Bertz CT molecular complexity index is 938. The number of ether oxygens (including phenoxy) is 1. The Morgan fingerprint density at radius 1 is 1.39 bits per heavy atom. The smallest absolute Gasteiger partial charge is 0.223 e.